The van der Waals surface area contributed by atoms with Crippen molar-refractivity contribution >= 4 is 44.6 Å². The zero-order valence-electron chi connectivity index (χ0n) is 11.5. The van der Waals surface area contributed by atoms with Crippen molar-refractivity contribution in [3.05, 3.63) is 28.1 Å². The van der Waals surface area contributed by atoms with Gasteiger partial charge >= 0.3 is 0 Å². The Morgan fingerprint density at radius 2 is 2.19 bits per heavy atom. The fraction of sp³-hybridized carbons (Fsp3) is 0.400. The van der Waals surface area contributed by atoms with Gasteiger partial charge in [-0.25, -0.2) is 0 Å². The number of ether oxygens (including phenoxy) is 1. The minimum atomic E-state index is -0.101. The van der Waals surface area contributed by atoms with Crippen LogP contribution in [0, 0.1) is 5.92 Å². The molecule has 0 atom stereocenters. The van der Waals surface area contributed by atoms with E-state index in [1.54, 1.807) is 6.07 Å². The molecule has 0 aliphatic carbocycles. The maximum atomic E-state index is 12.3. The van der Waals surface area contributed by atoms with E-state index in [0.29, 0.717) is 28.0 Å². The van der Waals surface area contributed by atoms with Gasteiger partial charge in [-0.05, 0) is 37.0 Å². The van der Waals surface area contributed by atoms with Crippen LogP contribution >= 0.6 is 22.9 Å². The van der Waals surface area contributed by atoms with Gasteiger partial charge in [-0.15, -0.1) is 11.3 Å². The third-order valence-electron chi connectivity index (χ3n) is 3.79. The summed E-state index contributed by atoms with van der Waals surface area (Å²) in [6.45, 7) is 2.24. The highest BCUT2D eigenvalue weighted by Crippen LogP contribution is 2.35. The molecule has 0 saturated carbocycles. The fourth-order valence-corrected chi connectivity index (χ4v) is 3.72. The van der Waals surface area contributed by atoms with Gasteiger partial charge in [0.15, 0.2) is 0 Å². The monoisotopic (exact) mass is 324 g/mol. The Labute approximate surface area is 132 Å². The van der Waals surface area contributed by atoms with Gasteiger partial charge in [0.05, 0.1) is 5.69 Å². The molecule has 0 radical (unpaired) electrons. The summed E-state index contributed by atoms with van der Waals surface area (Å²) in [5, 5.41) is 4.46. The van der Waals surface area contributed by atoms with Gasteiger partial charge in [0.2, 0.25) is 0 Å². The van der Waals surface area contributed by atoms with Gasteiger partial charge in [-0.1, -0.05) is 11.6 Å². The average Bonchev–Trinajstić information content (AvgIpc) is 2.83. The number of hydrogen-bond donors (Lipinski definition) is 2. The number of halogens is 1. The summed E-state index contributed by atoms with van der Waals surface area (Å²) in [6, 6.07) is 5.51. The Bertz CT molecular complexity index is 665. The predicted molar refractivity (Wildman–Crippen MR) is 87.1 cm³/mol. The Balaban J connectivity index is 1.73. The minimum absolute atomic E-state index is 0.101. The van der Waals surface area contributed by atoms with Crippen LogP contribution in [-0.2, 0) is 4.74 Å². The Morgan fingerprint density at radius 1 is 1.43 bits per heavy atom. The van der Waals surface area contributed by atoms with Crippen LogP contribution in [0.15, 0.2) is 18.2 Å². The maximum Gasteiger partial charge on any atom is 0.263 e. The second kappa shape index (κ2) is 6.22. The van der Waals surface area contributed by atoms with Crippen molar-refractivity contribution in [2.24, 2.45) is 5.92 Å². The molecule has 112 valence electrons. The number of carbonyl (C=O) groups is 1. The second-order valence-corrected chi connectivity index (χ2v) is 6.74. The summed E-state index contributed by atoms with van der Waals surface area (Å²) in [6.07, 6.45) is 2.00. The zero-order chi connectivity index (χ0) is 14.8. The Kier molecular flexibility index (Phi) is 4.33. The van der Waals surface area contributed by atoms with E-state index in [0.717, 1.165) is 36.1 Å². The smallest absolute Gasteiger partial charge is 0.263 e. The number of amides is 1. The minimum Gasteiger partial charge on any atom is -0.397 e. The highest BCUT2D eigenvalue weighted by molar-refractivity contribution is 7.21. The lowest BCUT2D eigenvalue weighted by molar-refractivity contribution is 0.0643. The number of nitrogens with two attached hydrogens (primary N) is 1. The van der Waals surface area contributed by atoms with Crippen molar-refractivity contribution in [3.63, 3.8) is 0 Å². The van der Waals surface area contributed by atoms with E-state index in [2.05, 4.69) is 5.32 Å². The number of hydrogen-bond acceptors (Lipinski definition) is 4. The molecule has 1 amide bonds. The van der Waals surface area contributed by atoms with Crippen molar-refractivity contribution in [1.82, 2.24) is 5.32 Å². The normalized spacial score (nSPS) is 16.2. The number of rotatable bonds is 3. The first-order valence-electron chi connectivity index (χ1n) is 6.98. The molecular weight excluding hydrogens is 308 g/mol. The first-order valence-corrected chi connectivity index (χ1v) is 8.18. The van der Waals surface area contributed by atoms with E-state index < -0.39 is 0 Å². The molecule has 3 rings (SSSR count). The molecule has 1 aromatic carbocycles. The number of nitrogens with one attached hydrogen (secondary N) is 1. The first kappa shape index (κ1) is 14.6. The van der Waals surface area contributed by atoms with E-state index in [9.17, 15) is 4.79 Å². The molecule has 1 saturated heterocycles. The number of benzene rings is 1. The lowest BCUT2D eigenvalue weighted by Crippen LogP contribution is -2.32. The molecule has 0 unspecified atom stereocenters. The van der Waals surface area contributed by atoms with Crippen LogP contribution in [-0.4, -0.2) is 25.7 Å². The van der Waals surface area contributed by atoms with Crippen LogP contribution in [0.2, 0.25) is 5.02 Å². The SMILES string of the molecule is Nc1c(C(=O)NCC2CCOCC2)sc2ccc(Cl)cc12. The highest BCUT2D eigenvalue weighted by Gasteiger charge is 2.19. The molecule has 21 heavy (non-hydrogen) atoms. The van der Waals surface area contributed by atoms with E-state index in [4.69, 9.17) is 22.1 Å². The summed E-state index contributed by atoms with van der Waals surface area (Å²) < 4.78 is 6.30. The molecule has 2 heterocycles. The Morgan fingerprint density at radius 3 is 2.95 bits per heavy atom. The molecule has 1 aliphatic heterocycles. The van der Waals surface area contributed by atoms with Crippen LogP contribution in [0.3, 0.4) is 0 Å². The molecule has 0 bridgehead atoms. The lowest BCUT2D eigenvalue weighted by atomic mass is 10.0. The van der Waals surface area contributed by atoms with Crippen LogP contribution in [0.5, 0.6) is 0 Å². The van der Waals surface area contributed by atoms with Crippen LogP contribution in [0.4, 0.5) is 5.69 Å². The Hall–Kier alpha value is -1.30. The van der Waals surface area contributed by atoms with Gasteiger partial charge in [0.1, 0.15) is 4.88 Å². The molecule has 0 spiro atoms. The molecule has 1 fully saturated rings. The highest BCUT2D eigenvalue weighted by atomic mass is 35.5. The lowest BCUT2D eigenvalue weighted by Gasteiger charge is -2.22. The van der Waals surface area contributed by atoms with Crippen LogP contribution in [0.1, 0.15) is 22.5 Å². The van der Waals surface area contributed by atoms with Crippen molar-refractivity contribution in [2.75, 3.05) is 25.5 Å². The summed E-state index contributed by atoms with van der Waals surface area (Å²) in [5.41, 5.74) is 6.60. The summed E-state index contributed by atoms with van der Waals surface area (Å²) in [7, 11) is 0. The molecule has 6 heteroatoms. The predicted octanol–water partition coefficient (Wildman–Crippen LogP) is 3.29. The molecule has 4 nitrogen and oxygen atoms in total. The van der Waals surface area contributed by atoms with Crippen molar-refractivity contribution in [1.29, 1.82) is 0 Å². The third-order valence-corrected chi connectivity index (χ3v) is 5.21. The summed E-state index contributed by atoms with van der Waals surface area (Å²) >= 11 is 7.39. The third kappa shape index (κ3) is 3.15. The summed E-state index contributed by atoms with van der Waals surface area (Å²) in [5.74, 6) is 0.393. The van der Waals surface area contributed by atoms with Gasteiger partial charge in [0, 0.05) is 34.9 Å². The maximum absolute atomic E-state index is 12.3. The van der Waals surface area contributed by atoms with Gasteiger partial charge in [-0.2, -0.15) is 0 Å². The van der Waals surface area contributed by atoms with Gasteiger partial charge in [-0.3, -0.25) is 4.79 Å². The van der Waals surface area contributed by atoms with Crippen molar-refractivity contribution in [3.8, 4) is 0 Å². The number of nitrogen functional groups attached to an aromatic ring is 1. The summed E-state index contributed by atoms with van der Waals surface area (Å²) in [4.78, 5) is 12.9. The van der Waals surface area contributed by atoms with E-state index in [1.165, 1.54) is 11.3 Å². The van der Waals surface area contributed by atoms with E-state index in [-0.39, 0.29) is 5.91 Å². The number of carbonyl (C=O) groups excluding carboxylic acids is 1. The number of anilines is 1. The fourth-order valence-electron chi connectivity index (χ4n) is 2.53. The molecular formula is C15H17ClN2O2S. The first-order chi connectivity index (χ1) is 10.1. The van der Waals surface area contributed by atoms with Crippen LogP contribution in [0.25, 0.3) is 10.1 Å². The molecule has 1 aliphatic rings. The number of fused-ring (bicyclic) bond motifs is 1. The van der Waals surface area contributed by atoms with Crippen molar-refractivity contribution < 1.29 is 9.53 Å². The standard InChI is InChI=1S/C15H17ClN2O2S/c16-10-1-2-12-11(7-10)13(17)14(21-12)15(19)18-8-9-3-5-20-6-4-9/h1-2,7,9H,3-6,8,17H2,(H,18,19). The van der Waals surface area contributed by atoms with E-state index in [1.807, 2.05) is 12.1 Å². The average molecular weight is 325 g/mol. The van der Waals surface area contributed by atoms with E-state index >= 15 is 0 Å². The van der Waals surface area contributed by atoms with Crippen molar-refractivity contribution in [2.45, 2.75) is 12.8 Å². The molecule has 3 N–H and O–H groups in total. The van der Waals surface area contributed by atoms with Gasteiger partial charge in [0.25, 0.3) is 5.91 Å². The van der Waals surface area contributed by atoms with Crippen LogP contribution < -0.4 is 11.1 Å². The zero-order valence-corrected chi connectivity index (χ0v) is 13.1. The quantitative estimate of drug-likeness (QED) is 0.910. The molecule has 2 aromatic rings. The largest absolute Gasteiger partial charge is 0.397 e. The molecule has 1 aromatic heterocycles. The van der Waals surface area contributed by atoms with Gasteiger partial charge < -0.3 is 15.8 Å². The topological polar surface area (TPSA) is 64.4 Å². The number of thiophene rings is 1. The second-order valence-electron chi connectivity index (χ2n) is 5.25.